The second kappa shape index (κ2) is 9.36. The molecule has 3 N–H and O–H groups in total. The second-order valence-electron chi connectivity index (χ2n) is 9.41. The minimum Gasteiger partial charge on any atom is -0.509 e. The first-order chi connectivity index (χ1) is 16.5. The van der Waals surface area contributed by atoms with Crippen LogP contribution in [-0.4, -0.2) is 22.5 Å². The van der Waals surface area contributed by atoms with Crippen LogP contribution in [0.25, 0.3) is 0 Å². The van der Waals surface area contributed by atoms with E-state index < -0.39 is 46.2 Å². The van der Waals surface area contributed by atoms with Gasteiger partial charge in [0, 0.05) is 12.1 Å². The van der Waals surface area contributed by atoms with E-state index in [4.69, 9.17) is 0 Å². The van der Waals surface area contributed by atoms with Crippen LogP contribution in [0.2, 0.25) is 0 Å². The molecule has 1 aliphatic heterocycles. The lowest BCUT2D eigenvalue weighted by atomic mass is 9.84. The van der Waals surface area contributed by atoms with E-state index in [1.54, 1.807) is 12.1 Å². The molecule has 9 heteroatoms. The summed E-state index contributed by atoms with van der Waals surface area (Å²) in [7, 11) is 0. The lowest BCUT2D eigenvalue weighted by Crippen LogP contribution is -2.43. The molecule has 5 nitrogen and oxygen atoms in total. The van der Waals surface area contributed by atoms with Crippen molar-refractivity contribution in [2.45, 2.75) is 63.1 Å². The van der Waals surface area contributed by atoms with Crippen molar-refractivity contribution in [2.75, 3.05) is 5.32 Å². The Morgan fingerprint density at radius 3 is 2.37 bits per heavy atom. The van der Waals surface area contributed by atoms with Crippen LogP contribution in [0.1, 0.15) is 61.6 Å². The lowest BCUT2D eigenvalue weighted by molar-refractivity contribution is -0.140. The van der Waals surface area contributed by atoms with E-state index >= 15 is 0 Å². The summed E-state index contributed by atoms with van der Waals surface area (Å²) >= 11 is 0. The third kappa shape index (κ3) is 5.18. The molecule has 2 aliphatic rings. The van der Waals surface area contributed by atoms with Crippen LogP contribution >= 0.6 is 0 Å². The highest BCUT2D eigenvalue weighted by Gasteiger charge is 2.45. The molecule has 1 aliphatic carbocycles. The Morgan fingerprint density at radius 2 is 1.77 bits per heavy atom. The van der Waals surface area contributed by atoms with Gasteiger partial charge in [0.2, 0.25) is 0 Å². The van der Waals surface area contributed by atoms with E-state index in [0.717, 1.165) is 18.9 Å². The zero-order chi connectivity index (χ0) is 25.4. The standard InChI is InChI=1S/C26H26F4N2O3/c1-25(14-15-7-12-19(20(27)13-15)26(28,29)30)22(33)21(24(35)32-25)23(34)31-18-10-8-17(9-11-18)16-5-3-2-4-6-16/h7-13,16,33H,2-6,14H2,1H3,(H,31,34)(H,32,35). The van der Waals surface area contributed by atoms with Gasteiger partial charge in [-0.1, -0.05) is 37.5 Å². The molecule has 35 heavy (non-hydrogen) atoms. The molecule has 1 fully saturated rings. The van der Waals surface area contributed by atoms with Gasteiger partial charge in [-0.3, -0.25) is 9.59 Å². The monoisotopic (exact) mass is 490 g/mol. The molecule has 4 rings (SSSR count). The van der Waals surface area contributed by atoms with Crippen LogP contribution in [-0.2, 0) is 22.2 Å². The Hall–Kier alpha value is -3.36. The summed E-state index contributed by atoms with van der Waals surface area (Å²) in [6.07, 6.45) is 0.857. The van der Waals surface area contributed by atoms with Crippen LogP contribution in [0.15, 0.2) is 53.8 Å². The number of benzene rings is 2. The van der Waals surface area contributed by atoms with E-state index in [9.17, 15) is 32.3 Å². The average molecular weight is 490 g/mol. The van der Waals surface area contributed by atoms with E-state index in [0.29, 0.717) is 23.7 Å². The molecule has 2 amide bonds. The van der Waals surface area contributed by atoms with Crippen molar-refractivity contribution in [1.82, 2.24) is 5.32 Å². The molecule has 1 heterocycles. The minimum absolute atomic E-state index is 0.116. The highest BCUT2D eigenvalue weighted by Crippen LogP contribution is 2.35. The number of hydrogen-bond acceptors (Lipinski definition) is 3. The molecule has 1 unspecified atom stereocenters. The molecule has 0 spiro atoms. The van der Waals surface area contributed by atoms with Crippen LogP contribution in [0.4, 0.5) is 23.2 Å². The summed E-state index contributed by atoms with van der Waals surface area (Å²) in [5.74, 6) is -3.15. The van der Waals surface area contributed by atoms with Gasteiger partial charge in [-0.2, -0.15) is 13.2 Å². The Kier molecular flexibility index (Phi) is 6.62. The number of hydrogen-bond donors (Lipinski definition) is 3. The van der Waals surface area contributed by atoms with Gasteiger partial charge in [-0.05, 0) is 61.1 Å². The molecule has 0 radical (unpaired) electrons. The van der Waals surface area contributed by atoms with Crippen molar-refractivity contribution in [3.63, 3.8) is 0 Å². The predicted molar refractivity (Wildman–Crippen MR) is 122 cm³/mol. The minimum atomic E-state index is -4.84. The summed E-state index contributed by atoms with van der Waals surface area (Å²) in [4.78, 5) is 25.3. The first-order valence-electron chi connectivity index (χ1n) is 11.5. The van der Waals surface area contributed by atoms with Crippen LogP contribution < -0.4 is 10.6 Å². The van der Waals surface area contributed by atoms with E-state index in [1.165, 1.54) is 31.7 Å². The molecule has 2 aromatic rings. The van der Waals surface area contributed by atoms with Crippen LogP contribution in [0.5, 0.6) is 0 Å². The molecule has 0 bridgehead atoms. The second-order valence-corrected chi connectivity index (χ2v) is 9.41. The van der Waals surface area contributed by atoms with Crippen LogP contribution in [0, 0.1) is 5.82 Å². The molecule has 0 aromatic heterocycles. The van der Waals surface area contributed by atoms with Crippen molar-refractivity contribution >= 4 is 17.5 Å². The van der Waals surface area contributed by atoms with Gasteiger partial charge >= 0.3 is 6.18 Å². The fraction of sp³-hybridized carbons (Fsp3) is 0.385. The smallest absolute Gasteiger partial charge is 0.419 e. The number of anilines is 1. The summed E-state index contributed by atoms with van der Waals surface area (Å²) < 4.78 is 52.4. The van der Waals surface area contributed by atoms with Crippen LogP contribution in [0.3, 0.4) is 0 Å². The number of carbonyl (C=O) groups excluding carboxylic acids is 2. The van der Waals surface area contributed by atoms with Crippen molar-refractivity contribution in [2.24, 2.45) is 0 Å². The van der Waals surface area contributed by atoms with E-state index in [1.807, 2.05) is 12.1 Å². The third-order valence-electron chi connectivity index (χ3n) is 6.74. The number of aliphatic hydroxyl groups excluding tert-OH is 1. The van der Waals surface area contributed by atoms with Gasteiger partial charge in [0.25, 0.3) is 11.8 Å². The first-order valence-corrected chi connectivity index (χ1v) is 11.5. The zero-order valence-corrected chi connectivity index (χ0v) is 19.1. The van der Waals surface area contributed by atoms with Gasteiger partial charge in [-0.25, -0.2) is 4.39 Å². The molecule has 1 saturated carbocycles. The number of nitrogens with one attached hydrogen (secondary N) is 2. The summed E-state index contributed by atoms with van der Waals surface area (Å²) in [6.45, 7) is 1.41. The van der Waals surface area contributed by atoms with Gasteiger partial charge in [0.05, 0.1) is 11.1 Å². The fourth-order valence-electron chi connectivity index (χ4n) is 4.87. The Morgan fingerprint density at radius 1 is 1.11 bits per heavy atom. The average Bonchev–Trinajstić information content (AvgIpc) is 3.01. The molecular weight excluding hydrogens is 464 g/mol. The first kappa shape index (κ1) is 24.8. The zero-order valence-electron chi connectivity index (χ0n) is 19.1. The SMILES string of the molecule is CC1(Cc2ccc(C(F)(F)F)c(F)c2)NC(=O)C(C(=O)Nc2ccc(C3CCCCC3)cc2)=C1O. The van der Waals surface area contributed by atoms with Gasteiger partial charge < -0.3 is 15.7 Å². The normalized spacial score (nSPS) is 21.2. The van der Waals surface area contributed by atoms with E-state index in [-0.39, 0.29) is 12.0 Å². The largest absolute Gasteiger partial charge is 0.509 e. The lowest BCUT2D eigenvalue weighted by Gasteiger charge is -2.25. The Bertz CT molecular complexity index is 1170. The topological polar surface area (TPSA) is 78.4 Å². The predicted octanol–water partition coefficient (Wildman–Crippen LogP) is 5.77. The summed E-state index contributed by atoms with van der Waals surface area (Å²) in [5, 5.41) is 15.8. The quantitative estimate of drug-likeness (QED) is 0.368. The molecule has 2 aromatic carbocycles. The number of rotatable bonds is 5. The number of alkyl halides is 3. The summed E-state index contributed by atoms with van der Waals surface area (Å²) in [6, 6.07) is 9.76. The van der Waals surface area contributed by atoms with Gasteiger partial charge in [-0.15, -0.1) is 0 Å². The van der Waals surface area contributed by atoms with Crippen molar-refractivity contribution in [1.29, 1.82) is 0 Å². The van der Waals surface area contributed by atoms with Crippen molar-refractivity contribution in [3.05, 3.63) is 76.3 Å². The third-order valence-corrected chi connectivity index (χ3v) is 6.74. The fourth-order valence-corrected chi connectivity index (χ4v) is 4.87. The molecular formula is C26H26F4N2O3. The highest BCUT2D eigenvalue weighted by atomic mass is 19.4. The number of halogens is 4. The Labute approximate surface area is 200 Å². The maximum atomic E-state index is 14.0. The highest BCUT2D eigenvalue weighted by molar-refractivity contribution is 6.24. The maximum absolute atomic E-state index is 14.0. The van der Waals surface area contributed by atoms with Crippen molar-refractivity contribution < 1.29 is 32.3 Å². The van der Waals surface area contributed by atoms with E-state index in [2.05, 4.69) is 10.6 Å². The molecule has 0 saturated heterocycles. The number of carbonyl (C=O) groups is 2. The number of amides is 2. The van der Waals surface area contributed by atoms with Crippen molar-refractivity contribution in [3.8, 4) is 0 Å². The molecule has 1 atom stereocenters. The maximum Gasteiger partial charge on any atom is 0.419 e. The summed E-state index contributed by atoms with van der Waals surface area (Å²) in [5.41, 5.74) is -1.61. The van der Waals surface area contributed by atoms with Gasteiger partial charge in [0.1, 0.15) is 17.1 Å². The Balaban J connectivity index is 1.49. The number of aliphatic hydroxyl groups is 1. The molecule has 186 valence electrons. The van der Waals surface area contributed by atoms with Gasteiger partial charge in [0.15, 0.2) is 0 Å².